The van der Waals surface area contributed by atoms with Gasteiger partial charge in [0.1, 0.15) is 0 Å². The fourth-order valence-corrected chi connectivity index (χ4v) is 4.30. The summed E-state index contributed by atoms with van der Waals surface area (Å²) in [5, 5.41) is 3.95. The highest BCUT2D eigenvalue weighted by Gasteiger charge is 2.20. The van der Waals surface area contributed by atoms with E-state index in [-0.39, 0.29) is 24.2 Å². The normalized spacial score (nSPS) is 12.2. The van der Waals surface area contributed by atoms with Crippen LogP contribution in [0.5, 0.6) is 0 Å². The molecule has 0 saturated carbocycles. The zero-order valence-corrected chi connectivity index (χ0v) is 18.7. The summed E-state index contributed by atoms with van der Waals surface area (Å²) in [5.74, 6) is -0.404. The molecule has 0 saturated heterocycles. The molecule has 2 aromatic carbocycles. The summed E-state index contributed by atoms with van der Waals surface area (Å²) in [7, 11) is 0. The highest BCUT2D eigenvalue weighted by atomic mass is 32.1. The lowest BCUT2D eigenvalue weighted by molar-refractivity contribution is -0.153. The number of nitrogens with one attached hydrogen (secondary N) is 1. The minimum absolute atomic E-state index is 0.259. The monoisotopic (exact) mass is 424 g/mol. The fraction of sp³-hybridized carbons (Fsp3) is 0.375. The molecule has 1 aromatic heterocycles. The van der Waals surface area contributed by atoms with Gasteiger partial charge in [-0.2, -0.15) is 0 Å². The topological polar surface area (TPSA) is 68.3 Å². The van der Waals surface area contributed by atoms with Crippen LogP contribution < -0.4 is 5.32 Å². The summed E-state index contributed by atoms with van der Waals surface area (Å²) in [5.41, 5.74) is 3.85. The van der Waals surface area contributed by atoms with Crippen molar-refractivity contribution in [3.05, 3.63) is 58.6 Å². The Hall–Kier alpha value is -2.73. The lowest BCUT2D eigenvalue weighted by atomic mass is 9.98. The number of nitrogens with zero attached hydrogens (tertiary/aromatic N) is 1. The number of aromatic nitrogens is 1. The number of carbonyl (C=O) groups excluding carboxylic acids is 2. The maximum Gasteiger partial charge on any atom is 0.306 e. The molecular weight excluding hydrogens is 396 g/mol. The molecule has 0 aliphatic heterocycles. The Morgan fingerprint density at radius 1 is 1.10 bits per heavy atom. The first-order chi connectivity index (χ1) is 14.3. The number of fused-ring (bicyclic) bond motifs is 1. The van der Waals surface area contributed by atoms with E-state index in [9.17, 15) is 9.59 Å². The molecule has 1 heterocycles. The molecule has 0 spiro atoms. The largest absolute Gasteiger partial charge is 0.453 e. The molecule has 0 bridgehead atoms. The Bertz CT molecular complexity index is 1010. The molecule has 6 heteroatoms. The Morgan fingerprint density at radius 3 is 2.60 bits per heavy atom. The van der Waals surface area contributed by atoms with E-state index in [0.717, 1.165) is 38.5 Å². The summed E-state index contributed by atoms with van der Waals surface area (Å²) in [6, 6.07) is 13.9. The van der Waals surface area contributed by atoms with Gasteiger partial charge in [0.05, 0.1) is 15.2 Å². The van der Waals surface area contributed by atoms with Crippen LogP contribution in [0.4, 0.5) is 5.69 Å². The van der Waals surface area contributed by atoms with Crippen molar-refractivity contribution >= 4 is 39.1 Å². The van der Waals surface area contributed by atoms with Gasteiger partial charge in [-0.05, 0) is 55.9 Å². The van der Waals surface area contributed by atoms with E-state index in [1.807, 2.05) is 49.4 Å². The van der Waals surface area contributed by atoms with Crippen molar-refractivity contribution in [3.8, 4) is 0 Å². The maximum absolute atomic E-state index is 12.6. The third-order valence-corrected chi connectivity index (χ3v) is 6.06. The Morgan fingerprint density at radius 2 is 1.87 bits per heavy atom. The molecule has 158 valence electrons. The molecule has 30 heavy (non-hydrogen) atoms. The van der Waals surface area contributed by atoms with Gasteiger partial charge in [0.25, 0.3) is 5.91 Å². The van der Waals surface area contributed by atoms with Crippen LogP contribution in [-0.4, -0.2) is 23.0 Å². The second kappa shape index (κ2) is 9.85. The highest BCUT2D eigenvalue weighted by Crippen LogP contribution is 2.27. The number of aryl methyl sites for hydroxylation is 2. The first-order valence-corrected chi connectivity index (χ1v) is 11.1. The van der Waals surface area contributed by atoms with Crippen molar-refractivity contribution in [1.82, 2.24) is 4.98 Å². The van der Waals surface area contributed by atoms with Crippen molar-refractivity contribution in [2.45, 2.75) is 59.0 Å². The van der Waals surface area contributed by atoms with Crippen LogP contribution in [0.3, 0.4) is 0 Å². The number of ether oxygens (including phenoxy) is 1. The van der Waals surface area contributed by atoms with Crippen LogP contribution in [0.25, 0.3) is 10.2 Å². The van der Waals surface area contributed by atoms with Crippen LogP contribution >= 0.6 is 11.3 Å². The van der Waals surface area contributed by atoms with E-state index >= 15 is 0 Å². The molecule has 3 aromatic rings. The Kier molecular flexibility index (Phi) is 7.21. The molecule has 1 amide bonds. The number of esters is 1. The number of hydrogen-bond donors (Lipinski definition) is 1. The number of carbonyl (C=O) groups is 2. The average Bonchev–Trinajstić information content (AvgIpc) is 3.11. The van der Waals surface area contributed by atoms with Crippen molar-refractivity contribution in [2.75, 3.05) is 5.32 Å². The smallest absolute Gasteiger partial charge is 0.306 e. The molecule has 5 nitrogen and oxygen atoms in total. The van der Waals surface area contributed by atoms with E-state index in [1.54, 1.807) is 18.3 Å². The van der Waals surface area contributed by atoms with Gasteiger partial charge >= 0.3 is 5.97 Å². The van der Waals surface area contributed by atoms with Crippen LogP contribution in [0.1, 0.15) is 55.7 Å². The van der Waals surface area contributed by atoms with Crippen molar-refractivity contribution in [1.29, 1.82) is 0 Å². The quantitative estimate of drug-likeness (QED) is 0.477. The Labute approximate surface area is 181 Å². The highest BCUT2D eigenvalue weighted by molar-refractivity contribution is 7.18. The predicted octanol–water partition coefficient (Wildman–Crippen LogP) is 5.62. The van der Waals surface area contributed by atoms with Gasteiger partial charge in [0.2, 0.25) is 0 Å². The third-order valence-electron chi connectivity index (χ3n) is 4.96. The number of hydrogen-bond acceptors (Lipinski definition) is 5. The van der Waals surface area contributed by atoms with Gasteiger partial charge in [0.15, 0.2) is 6.10 Å². The maximum atomic E-state index is 12.6. The molecule has 0 aliphatic carbocycles. The fourth-order valence-electron chi connectivity index (χ4n) is 3.29. The summed E-state index contributed by atoms with van der Waals surface area (Å²) in [6.07, 6.45) is 0.771. The Balaban J connectivity index is 1.49. The van der Waals surface area contributed by atoms with Gasteiger partial charge in [0, 0.05) is 12.1 Å². The van der Waals surface area contributed by atoms with E-state index in [2.05, 4.69) is 24.1 Å². The van der Waals surface area contributed by atoms with E-state index in [1.165, 1.54) is 0 Å². The summed E-state index contributed by atoms with van der Waals surface area (Å²) >= 11 is 1.65. The van der Waals surface area contributed by atoms with Gasteiger partial charge in [-0.25, -0.2) is 4.98 Å². The second-order valence-corrected chi connectivity index (χ2v) is 8.86. The number of rotatable bonds is 8. The molecule has 0 unspecified atom stereocenters. The second-order valence-electron chi connectivity index (χ2n) is 7.74. The molecule has 0 radical (unpaired) electrons. The SMILES string of the molecule is Cc1cccc(C(C)C)c1NC(=O)[C@H](C)OC(=O)CCCc1nc2ccccc2s1. The first-order valence-electron chi connectivity index (χ1n) is 10.3. The van der Waals surface area contributed by atoms with Crippen molar-refractivity contribution < 1.29 is 14.3 Å². The zero-order chi connectivity index (χ0) is 21.7. The molecule has 3 rings (SSSR count). The van der Waals surface area contributed by atoms with Gasteiger partial charge in [-0.15, -0.1) is 11.3 Å². The zero-order valence-electron chi connectivity index (χ0n) is 17.9. The number of amides is 1. The van der Waals surface area contributed by atoms with Crippen molar-refractivity contribution in [2.24, 2.45) is 0 Å². The van der Waals surface area contributed by atoms with E-state index < -0.39 is 6.10 Å². The standard InChI is InChI=1S/C24H28N2O3S/c1-15(2)18-10-7-9-16(3)23(18)26-24(28)17(4)29-22(27)14-8-13-21-25-19-11-5-6-12-20(19)30-21/h5-7,9-12,15,17H,8,13-14H2,1-4H3,(H,26,28)/t17-/m0/s1. The molecular formula is C24H28N2O3S. The van der Waals surface area contributed by atoms with Gasteiger partial charge in [-0.3, -0.25) is 9.59 Å². The minimum Gasteiger partial charge on any atom is -0.453 e. The molecule has 0 aliphatic rings. The minimum atomic E-state index is -0.848. The number of anilines is 1. The number of para-hydroxylation sites is 2. The number of benzene rings is 2. The van der Waals surface area contributed by atoms with Crippen LogP contribution in [-0.2, 0) is 20.7 Å². The van der Waals surface area contributed by atoms with E-state index in [0.29, 0.717) is 6.42 Å². The molecule has 1 N–H and O–H groups in total. The summed E-state index contributed by atoms with van der Waals surface area (Å²) in [6.45, 7) is 7.73. The summed E-state index contributed by atoms with van der Waals surface area (Å²) in [4.78, 5) is 29.3. The van der Waals surface area contributed by atoms with Crippen LogP contribution in [0.2, 0.25) is 0 Å². The molecule has 0 fully saturated rings. The van der Waals surface area contributed by atoms with Crippen molar-refractivity contribution in [3.63, 3.8) is 0 Å². The lowest BCUT2D eigenvalue weighted by Crippen LogP contribution is -2.30. The number of thiazole rings is 1. The van der Waals surface area contributed by atoms with Crippen LogP contribution in [0, 0.1) is 6.92 Å². The molecule has 1 atom stereocenters. The lowest BCUT2D eigenvalue weighted by Gasteiger charge is -2.19. The third kappa shape index (κ3) is 5.45. The predicted molar refractivity (Wildman–Crippen MR) is 122 cm³/mol. The van der Waals surface area contributed by atoms with Gasteiger partial charge < -0.3 is 10.1 Å². The first kappa shape index (κ1) is 22.0. The van der Waals surface area contributed by atoms with Gasteiger partial charge in [-0.1, -0.05) is 44.2 Å². The average molecular weight is 425 g/mol. The summed E-state index contributed by atoms with van der Waals surface area (Å²) < 4.78 is 6.50. The van der Waals surface area contributed by atoms with Crippen LogP contribution in [0.15, 0.2) is 42.5 Å². The van der Waals surface area contributed by atoms with E-state index in [4.69, 9.17) is 4.74 Å².